The topological polar surface area (TPSA) is 59.2 Å². The highest BCUT2D eigenvalue weighted by molar-refractivity contribution is 6.30. The van der Waals surface area contributed by atoms with E-state index in [0.717, 1.165) is 11.1 Å². The van der Waals surface area contributed by atoms with Crippen LogP contribution in [0, 0.1) is 6.92 Å². The van der Waals surface area contributed by atoms with Crippen LogP contribution in [0.5, 0.6) is 0 Å². The Bertz CT molecular complexity index is 859. The molecule has 24 heavy (non-hydrogen) atoms. The fourth-order valence-corrected chi connectivity index (χ4v) is 2.45. The van der Waals surface area contributed by atoms with Crippen molar-refractivity contribution in [3.63, 3.8) is 0 Å². The van der Waals surface area contributed by atoms with Crippen molar-refractivity contribution in [3.8, 4) is 11.4 Å². The fourth-order valence-electron chi connectivity index (χ4n) is 2.33. The maximum absolute atomic E-state index is 12.5. The van der Waals surface area contributed by atoms with Crippen molar-refractivity contribution in [2.75, 3.05) is 7.05 Å². The van der Waals surface area contributed by atoms with Gasteiger partial charge in [-0.05, 0) is 42.8 Å². The number of nitrogens with zero attached hydrogens (tertiary/aromatic N) is 3. The predicted octanol–water partition coefficient (Wildman–Crippen LogP) is 3.97. The molecule has 2 aromatic carbocycles. The number of hydrogen-bond donors (Lipinski definition) is 0. The highest BCUT2D eigenvalue weighted by atomic mass is 35.5. The second kappa shape index (κ2) is 6.84. The van der Waals surface area contributed by atoms with Crippen LogP contribution >= 0.6 is 11.6 Å². The summed E-state index contributed by atoms with van der Waals surface area (Å²) in [6.45, 7) is 2.15. The van der Waals surface area contributed by atoms with Crippen LogP contribution in [0.15, 0.2) is 53.1 Å². The number of benzene rings is 2. The Morgan fingerprint density at radius 3 is 2.58 bits per heavy atom. The number of aryl methyl sites for hydroxylation is 1. The van der Waals surface area contributed by atoms with E-state index in [1.807, 2.05) is 37.3 Å². The molecule has 0 bridgehead atoms. The molecule has 3 aromatic rings. The van der Waals surface area contributed by atoms with E-state index in [0.29, 0.717) is 22.3 Å². The third kappa shape index (κ3) is 3.46. The Labute approximate surface area is 144 Å². The summed E-state index contributed by atoms with van der Waals surface area (Å²) in [4.78, 5) is 18.4. The zero-order chi connectivity index (χ0) is 17.1. The van der Waals surface area contributed by atoms with E-state index in [-0.39, 0.29) is 12.5 Å². The number of halogens is 1. The van der Waals surface area contributed by atoms with Crippen molar-refractivity contribution in [3.05, 3.63) is 70.6 Å². The van der Waals surface area contributed by atoms with E-state index in [9.17, 15) is 4.79 Å². The largest absolute Gasteiger partial charge is 0.337 e. The first-order chi connectivity index (χ1) is 11.5. The van der Waals surface area contributed by atoms with Crippen molar-refractivity contribution in [1.82, 2.24) is 15.0 Å². The molecule has 1 aromatic heterocycles. The second-order valence-corrected chi connectivity index (χ2v) is 5.93. The SMILES string of the molecule is Cc1ccccc1C(=O)N(C)Cc1nc(-c2ccc(Cl)cc2)no1. The zero-order valence-electron chi connectivity index (χ0n) is 13.4. The highest BCUT2D eigenvalue weighted by Gasteiger charge is 2.17. The highest BCUT2D eigenvalue weighted by Crippen LogP contribution is 2.19. The summed E-state index contributed by atoms with van der Waals surface area (Å²) in [7, 11) is 1.71. The Balaban J connectivity index is 1.73. The Hall–Kier alpha value is -2.66. The third-order valence-electron chi connectivity index (χ3n) is 3.67. The van der Waals surface area contributed by atoms with Gasteiger partial charge >= 0.3 is 0 Å². The van der Waals surface area contributed by atoms with Crippen molar-refractivity contribution in [2.45, 2.75) is 13.5 Å². The Morgan fingerprint density at radius 1 is 1.17 bits per heavy atom. The molecule has 0 atom stereocenters. The van der Waals surface area contributed by atoms with E-state index in [1.54, 1.807) is 30.1 Å². The molecule has 3 rings (SSSR count). The van der Waals surface area contributed by atoms with Crippen molar-refractivity contribution in [1.29, 1.82) is 0 Å². The number of hydrogen-bond acceptors (Lipinski definition) is 4. The van der Waals surface area contributed by atoms with E-state index in [2.05, 4.69) is 10.1 Å². The number of carbonyl (C=O) groups is 1. The molecule has 0 N–H and O–H groups in total. The first kappa shape index (κ1) is 16.2. The quantitative estimate of drug-likeness (QED) is 0.720. The molecule has 0 saturated carbocycles. The normalized spacial score (nSPS) is 10.6. The first-order valence-electron chi connectivity index (χ1n) is 7.44. The lowest BCUT2D eigenvalue weighted by Crippen LogP contribution is -2.27. The Morgan fingerprint density at radius 2 is 1.88 bits per heavy atom. The molecule has 0 aliphatic rings. The molecule has 0 aliphatic heterocycles. The second-order valence-electron chi connectivity index (χ2n) is 5.49. The van der Waals surface area contributed by atoms with Gasteiger partial charge in [-0.25, -0.2) is 0 Å². The average molecular weight is 342 g/mol. The van der Waals surface area contributed by atoms with Gasteiger partial charge in [-0.3, -0.25) is 4.79 Å². The van der Waals surface area contributed by atoms with Gasteiger partial charge in [0.2, 0.25) is 11.7 Å². The number of rotatable bonds is 4. The maximum atomic E-state index is 12.5. The van der Waals surface area contributed by atoms with Crippen LogP contribution in [0.2, 0.25) is 5.02 Å². The van der Waals surface area contributed by atoms with Gasteiger partial charge in [0.25, 0.3) is 5.91 Å². The van der Waals surface area contributed by atoms with Crippen molar-refractivity contribution < 1.29 is 9.32 Å². The standard InChI is InChI=1S/C18H16ClN3O2/c1-12-5-3-4-6-15(12)18(23)22(2)11-16-20-17(21-24-16)13-7-9-14(19)10-8-13/h3-10H,11H2,1-2H3. The molecule has 6 heteroatoms. The van der Waals surface area contributed by atoms with E-state index < -0.39 is 0 Å². The van der Waals surface area contributed by atoms with Gasteiger partial charge in [-0.15, -0.1) is 0 Å². The van der Waals surface area contributed by atoms with Gasteiger partial charge < -0.3 is 9.42 Å². The van der Waals surface area contributed by atoms with E-state index in [1.165, 1.54) is 0 Å². The summed E-state index contributed by atoms with van der Waals surface area (Å²) in [5.74, 6) is 0.766. The minimum Gasteiger partial charge on any atom is -0.337 e. The molecule has 1 amide bonds. The van der Waals surface area contributed by atoms with Crippen LogP contribution in [0.25, 0.3) is 11.4 Å². The van der Waals surface area contributed by atoms with E-state index in [4.69, 9.17) is 16.1 Å². The van der Waals surface area contributed by atoms with Gasteiger partial charge in [0, 0.05) is 23.2 Å². The lowest BCUT2D eigenvalue weighted by molar-refractivity contribution is 0.0769. The summed E-state index contributed by atoms with van der Waals surface area (Å²) in [5.41, 5.74) is 2.40. The lowest BCUT2D eigenvalue weighted by Gasteiger charge is -2.16. The average Bonchev–Trinajstić information content (AvgIpc) is 3.04. The molecule has 0 spiro atoms. The molecular weight excluding hydrogens is 326 g/mol. The van der Waals surface area contributed by atoms with Gasteiger partial charge in [-0.1, -0.05) is 35.0 Å². The van der Waals surface area contributed by atoms with Crippen LogP contribution in [-0.4, -0.2) is 28.0 Å². The summed E-state index contributed by atoms with van der Waals surface area (Å²) in [6, 6.07) is 14.6. The van der Waals surface area contributed by atoms with Gasteiger partial charge in [0.1, 0.15) is 0 Å². The van der Waals surface area contributed by atoms with Gasteiger partial charge in [0.15, 0.2) is 0 Å². The first-order valence-corrected chi connectivity index (χ1v) is 7.82. The van der Waals surface area contributed by atoms with Crippen LogP contribution in [-0.2, 0) is 6.54 Å². The monoisotopic (exact) mass is 341 g/mol. The smallest absolute Gasteiger partial charge is 0.254 e. The minimum absolute atomic E-state index is 0.0839. The summed E-state index contributed by atoms with van der Waals surface area (Å²) in [6.07, 6.45) is 0. The number of amides is 1. The fraction of sp³-hybridized carbons (Fsp3) is 0.167. The lowest BCUT2D eigenvalue weighted by atomic mass is 10.1. The molecule has 0 fully saturated rings. The maximum Gasteiger partial charge on any atom is 0.254 e. The van der Waals surface area contributed by atoms with Crippen LogP contribution in [0.3, 0.4) is 0 Å². The predicted molar refractivity (Wildman–Crippen MR) is 91.7 cm³/mol. The van der Waals surface area contributed by atoms with Crippen molar-refractivity contribution >= 4 is 17.5 Å². The molecule has 5 nitrogen and oxygen atoms in total. The molecule has 0 saturated heterocycles. The van der Waals surface area contributed by atoms with E-state index >= 15 is 0 Å². The zero-order valence-corrected chi connectivity index (χ0v) is 14.1. The van der Waals surface area contributed by atoms with Gasteiger partial charge in [-0.2, -0.15) is 4.98 Å². The van der Waals surface area contributed by atoms with Crippen molar-refractivity contribution in [2.24, 2.45) is 0 Å². The summed E-state index contributed by atoms with van der Waals surface area (Å²) in [5, 5.41) is 4.60. The van der Waals surface area contributed by atoms with Crippen LogP contribution in [0.1, 0.15) is 21.8 Å². The third-order valence-corrected chi connectivity index (χ3v) is 3.92. The minimum atomic E-state index is -0.0839. The molecule has 0 radical (unpaired) electrons. The van der Waals surface area contributed by atoms with Gasteiger partial charge in [0.05, 0.1) is 6.54 Å². The molecule has 122 valence electrons. The van der Waals surface area contributed by atoms with Crippen LogP contribution < -0.4 is 0 Å². The molecule has 0 aliphatic carbocycles. The Kier molecular flexibility index (Phi) is 4.62. The number of aromatic nitrogens is 2. The molecule has 1 heterocycles. The van der Waals surface area contributed by atoms with Crippen LogP contribution in [0.4, 0.5) is 0 Å². The molecular formula is C18H16ClN3O2. The summed E-state index contributed by atoms with van der Waals surface area (Å²) < 4.78 is 5.25. The molecule has 0 unspecified atom stereocenters. The summed E-state index contributed by atoms with van der Waals surface area (Å²) >= 11 is 5.87. The number of carbonyl (C=O) groups excluding carboxylic acids is 1.